The number of aromatic amines is 1. The van der Waals surface area contributed by atoms with Crippen LogP contribution in [0.3, 0.4) is 0 Å². The lowest BCUT2D eigenvalue weighted by Gasteiger charge is -2.20. The lowest BCUT2D eigenvalue weighted by Crippen LogP contribution is -2.45. The first kappa shape index (κ1) is 18.3. The summed E-state index contributed by atoms with van der Waals surface area (Å²) in [6.07, 6.45) is 0. The summed E-state index contributed by atoms with van der Waals surface area (Å²) in [5.74, 6) is -15.8. The molecule has 0 saturated heterocycles. The summed E-state index contributed by atoms with van der Waals surface area (Å²) in [7, 11) is 0. The van der Waals surface area contributed by atoms with E-state index in [9.17, 15) is 27.2 Å². The number of amides is 1. The highest BCUT2D eigenvalue weighted by molar-refractivity contribution is 5.92. The molecule has 2 rings (SSSR count). The molecule has 0 aliphatic heterocycles. The van der Waals surface area contributed by atoms with Crippen LogP contribution >= 0.6 is 0 Å². The number of nitrogens with zero attached hydrogens (tertiary/aromatic N) is 2. The van der Waals surface area contributed by atoms with Gasteiger partial charge in [0.2, 0.25) is 11.7 Å². The van der Waals surface area contributed by atoms with Crippen LogP contribution in [0.5, 0.6) is 0 Å². The number of nitrogens with two attached hydrogens (primary N) is 1. The molecule has 0 radical (unpaired) electrons. The van der Waals surface area contributed by atoms with E-state index in [0.717, 1.165) is 0 Å². The molecule has 0 aliphatic carbocycles. The average molecular weight is 361 g/mol. The van der Waals surface area contributed by atoms with Crippen molar-refractivity contribution in [3.8, 4) is 11.4 Å². The van der Waals surface area contributed by atoms with Crippen LogP contribution in [0.25, 0.3) is 11.4 Å². The molecule has 12 heteroatoms. The number of hydrogen-bond donors (Lipinski definition) is 4. The summed E-state index contributed by atoms with van der Waals surface area (Å²) >= 11 is 0. The van der Waals surface area contributed by atoms with Gasteiger partial charge in [0.15, 0.2) is 5.82 Å². The van der Waals surface area contributed by atoms with E-state index in [-0.39, 0.29) is 17.9 Å². The number of H-pyrrole nitrogens is 1. The Balaban J connectivity index is 2.27. The van der Waals surface area contributed by atoms with Crippen molar-refractivity contribution in [2.45, 2.75) is 11.8 Å². The number of carboxylic acid groups (broad SMARTS) is 1. The minimum Gasteiger partial charge on any atom is -0.477 e. The number of carbonyl (C=O) groups excluding carboxylic acids is 1. The molecule has 5 N–H and O–H groups in total. The first-order valence-electron chi connectivity index (χ1n) is 6.62. The van der Waals surface area contributed by atoms with Gasteiger partial charge in [0, 0.05) is 11.3 Å². The third kappa shape index (κ3) is 3.42. The molecule has 0 atom stereocenters. The van der Waals surface area contributed by atoms with Crippen molar-refractivity contribution in [3.05, 3.63) is 30.1 Å². The van der Waals surface area contributed by atoms with E-state index >= 15 is 0 Å². The highest BCUT2D eigenvalue weighted by Crippen LogP contribution is 2.41. The second kappa shape index (κ2) is 6.47. The van der Waals surface area contributed by atoms with E-state index in [4.69, 9.17) is 10.8 Å². The van der Waals surface area contributed by atoms with Crippen LogP contribution in [0.15, 0.2) is 24.3 Å². The molecular formula is C13H11F4N5O3. The van der Waals surface area contributed by atoms with Crippen LogP contribution in [-0.4, -0.2) is 44.6 Å². The van der Waals surface area contributed by atoms with Gasteiger partial charge < -0.3 is 16.2 Å². The topological polar surface area (TPSA) is 134 Å². The third-order valence-corrected chi connectivity index (χ3v) is 3.06. The van der Waals surface area contributed by atoms with Crippen LogP contribution in [0, 0.1) is 0 Å². The van der Waals surface area contributed by atoms with Gasteiger partial charge >= 0.3 is 17.8 Å². The van der Waals surface area contributed by atoms with E-state index < -0.39 is 29.5 Å². The van der Waals surface area contributed by atoms with Crippen LogP contribution in [0.4, 0.5) is 23.2 Å². The highest BCUT2D eigenvalue weighted by Gasteiger charge is 2.65. The van der Waals surface area contributed by atoms with Crippen molar-refractivity contribution in [1.82, 2.24) is 15.2 Å². The number of anilines is 1. The zero-order chi connectivity index (χ0) is 18.8. The van der Waals surface area contributed by atoms with Gasteiger partial charge in [-0.1, -0.05) is 0 Å². The molecule has 2 aromatic rings. The number of hydrogen-bond acceptors (Lipinski definition) is 5. The Morgan fingerprint density at radius 3 is 2.32 bits per heavy atom. The number of nitrogens with one attached hydrogen (secondary N) is 2. The first-order chi connectivity index (χ1) is 11.6. The lowest BCUT2D eigenvalue weighted by molar-refractivity contribution is -0.231. The van der Waals surface area contributed by atoms with Gasteiger partial charge in [-0.15, -0.1) is 0 Å². The molecule has 0 fully saturated rings. The van der Waals surface area contributed by atoms with Gasteiger partial charge in [-0.3, -0.25) is 9.89 Å². The van der Waals surface area contributed by atoms with E-state index in [1.807, 2.05) is 0 Å². The quantitative estimate of drug-likeness (QED) is 0.571. The molecule has 8 nitrogen and oxygen atoms in total. The molecule has 0 saturated carbocycles. The molecule has 1 aromatic carbocycles. The van der Waals surface area contributed by atoms with Crippen molar-refractivity contribution in [2.75, 3.05) is 11.9 Å². The van der Waals surface area contributed by atoms with Gasteiger partial charge in [0.25, 0.3) is 0 Å². The number of rotatable bonds is 6. The molecule has 0 spiro atoms. The van der Waals surface area contributed by atoms with Crippen LogP contribution < -0.4 is 11.1 Å². The highest BCUT2D eigenvalue weighted by atomic mass is 19.3. The normalized spacial score (nSPS) is 12.0. The van der Waals surface area contributed by atoms with Crippen LogP contribution in [0.2, 0.25) is 0 Å². The van der Waals surface area contributed by atoms with Crippen molar-refractivity contribution in [1.29, 1.82) is 0 Å². The number of alkyl halides is 4. The largest absolute Gasteiger partial charge is 0.477 e. The predicted molar refractivity (Wildman–Crippen MR) is 76.0 cm³/mol. The Morgan fingerprint density at radius 2 is 1.80 bits per heavy atom. The number of aliphatic carboxylic acids is 1. The Labute approximate surface area is 137 Å². The number of carbonyl (C=O) groups is 2. The van der Waals surface area contributed by atoms with Gasteiger partial charge in [-0.05, 0) is 24.3 Å². The monoisotopic (exact) mass is 361 g/mol. The standard InChI is InChI=1S/C13H11F4N5O3/c14-12(15,13(16,17)11(24)25)10-20-9(21-22-10)6-1-3-7(4-2-6)19-8(23)5-18/h1-4H,5,18H2,(H,19,23)(H,24,25)(H,20,21,22). The van der Waals surface area contributed by atoms with Crippen LogP contribution in [0.1, 0.15) is 5.82 Å². The van der Waals surface area contributed by atoms with E-state index in [2.05, 4.69) is 15.4 Å². The molecule has 1 amide bonds. The summed E-state index contributed by atoms with van der Waals surface area (Å²) in [6.45, 7) is -0.237. The van der Waals surface area contributed by atoms with Crippen molar-refractivity contribution in [3.63, 3.8) is 0 Å². The fourth-order valence-corrected chi connectivity index (χ4v) is 1.73. The zero-order valence-electron chi connectivity index (χ0n) is 12.3. The first-order valence-corrected chi connectivity index (χ1v) is 6.62. The summed E-state index contributed by atoms with van der Waals surface area (Å²) in [5.41, 5.74) is 5.66. The van der Waals surface area contributed by atoms with E-state index in [1.54, 1.807) is 5.10 Å². The predicted octanol–water partition coefficient (Wildman–Crippen LogP) is 1.18. The number of aromatic nitrogens is 3. The summed E-state index contributed by atoms with van der Waals surface area (Å²) in [5, 5.41) is 15.7. The van der Waals surface area contributed by atoms with Gasteiger partial charge in [-0.2, -0.15) is 22.7 Å². The van der Waals surface area contributed by atoms with Crippen molar-refractivity contribution < 1.29 is 32.3 Å². The second-order valence-corrected chi connectivity index (χ2v) is 4.79. The summed E-state index contributed by atoms with van der Waals surface area (Å²) in [6, 6.07) is 5.46. The van der Waals surface area contributed by atoms with E-state index in [0.29, 0.717) is 5.69 Å². The fraction of sp³-hybridized carbons (Fsp3) is 0.231. The number of benzene rings is 1. The second-order valence-electron chi connectivity index (χ2n) is 4.79. The van der Waals surface area contributed by atoms with Crippen molar-refractivity contribution in [2.24, 2.45) is 5.73 Å². The Hall–Kier alpha value is -3.02. The molecular weight excluding hydrogens is 350 g/mol. The SMILES string of the molecule is NCC(=O)Nc1ccc(-c2n[nH]c(C(F)(F)C(F)(F)C(=O)O)n2)cc1. The minimum atomic E-state index is -5.36. The Morgan fingerprint density at radius 1 is 1.20 bits per heavy atom. The van der Waals surface area contributed by atoms with Gasteiger partial charge in [-0.25, -0.2) is 9.78 Å². The van der Waals surface area contributed by atoms with Gasteiger partial charge in [0.05, 0.1) is 6.54 Å². The zero-order valence-corrected chi connectivity index (χ0v) is 12.3. The molecule has 1 aromatic heterocycles. The van der Waals surface area contributed by atoms with Crippen molar-refractivity contribution >= 4 is 17.6 Å². The molecule has 25 heavy (non-hydrogen) atoms. The van der Waals surface area contributed by atoms with Gasteiger partial charge in [0.1, 0.15) is 0 Å². The fourth-order valence-electron chi connectivity index (χ4n) is 1.73. The lowest BCUT2D eigenvalue weighted by atomic mass is 10.1. The third-order valence-electron chi connectivity index (χ3n) is 3.06. The summed E-state index contributed by atoms with van der Waals surface area (Å²) < 4.78 is 53.6. The average Bonchev–Trinajstić information content (AvgIpc) is 3.05. The molecule has 134 valence electrons. The maximum atomic E-state index is 13.6. The minimum absolute atomic E-state index is 0.169. The molecule has 0 aliphatic rings. The number of halogens is 4. The maximum Gasteiger partial charge on any atom is 0.411 e. The van der Waals surface area contributed by atoms with E-state index in [1.165, 1.54) is 24.3 Å². The number of carboxylic acids is 1. The summed E-state index contributed by atoms with van der Waals surface area (Å²) in [4.78, 5) is 24.7. The maximum absolute atomic E-state index is 13.6. The smallest absolute Gasteiger partial charge is 0.411 e. The molecule has 1 heterocycles. The molecule has 0 unspecified atom stereocenters. The Kier molecular flexibility index (Phi) is 4.74. The Bertz CT molecular complexity index is 791. The molecule has 0 bridgehead atoms. The van der Waals surface area contributed by atoms with Crippen LogP contribution in [-0.2, 0) is 15.5 Å².